The SMILES string of the molecule is COc1cc(/C=C2\C(=O)NC(=O)N(c3ccc(OCc4ccccc4Cl)cc3)C2=O)ccc1OCc1ccc(Cl)c(Cl)c1. The van der Waals surface area contributed by atoms with Crippen molar-refractivity contribution < 1.29 is 28.6 Å². The number of urea groups is 1. The van der Waals surface area contributed by atoms with Crippen LogP contribution in [0.25, 0.3) is 6.08 Å². The normalized spacial score (nSPS) is 14.1. The van der Waals surface area contributed by atoms with Crippen molar-refractivity contribution in [2.24, 2.45) is 0 Å². The summed E-state index contributed by atoms with van der Waals surface area (Å²) in [6.07, 6.45) is 1.38. The number of barbiturate groups is 1. The van der Waals surface area contributed by atoms with Gasteiger partial charge in [-0.25, -0.2) is 9.69 Å². The zero-order valence-corrected chi connectivity index (χ0v) is 24.9. The Labute approximate surface area is 262 Å². The fourth-order valence-electron chi connectivity index (χ4n) is 4.21. The number of hydrogen-bond acceptors (Lipinski definition) is 6. The molecule has 0 bridgehead atoms. The van der Waals surface area contributed by atoms with Crippen LogP contribution in [0, 0.1) is 0 Å². The van der Waals surface area contributed by atoms with Crippen LogP contribution in [0.5, 0.6) is 17.2 Å². The Morgan fingerprint density at radius 3 is 2.26 bits per heavy atom. The molecule has 0 radical (unpaired) electrons. The number of ether oxygens (including phenoxy) is 3. The molecule has 1 aliphatic rings. The highest BCUT2D eigenvalue weighted by Crippen LogP contribution is 2.32. The summed E-state index contributed by atoms with van der Waals surface area (Å²) in [5.41, 5.74) is 2.13. The van der Waals surface area contributed by atoms with Crippen LogP contribution >= 0.6 is 34.8 Å². The number of nitrogens with one attached hydrogen (secondary N) is 1. The van der Waals surface area contributed by atoms with Crippen LogP contribution in [-0.4, -0.2) is 25.0 Å². The number of benzene rings is 4. The first-order valence-electron chi connectivity index (χ1n) is 12.9. The van der Waals surface area contributed by atoms with Gasteiger partial charge in [-0.15, -0.1) is 0 Å². The Bertz CT molecular complexity index is 1740. The predicted molar refractivity (Wildman–Crippen MR) is 165 cm³/mol. The Hall–Kier alpha value is -4.50. The van der Waals surface area contributed by atoms with Crippen LogP contribution in [0.15, 0.2) is 90.5 Å². The first-order valence-corrected chi connectivity index (χ1v) is 14.0. The molecule has 0 unspecified atom stereocenters. The lowest BCUT2D eigenvalue weighted by Crippen LogP contribution is -2.54. The van der Waals surface area contributed by atoms with Crippen LogP contribution in [-0.2, 0) is 22.8 Å². The second-order valence-corrected chi connectivity index (χ2v) is 10.5. The van der Waals surface area contributed by atoms with Gasteiger partial charge in [0.25, 0.3) is 11.8 Å². The number of hydrogen-bond donors (Lipinski definition) is 1. The minimum Gasteiger partial charge on any atom is -0.493 e. The average Bonchev–Trinajstić information content (AvgIpc) is 3.00. The molecule has 0 spiro atoms. The fraction of sp³-hybridized carbons (Fsp3) is 0.0938. The minimum atomic E-state index is -0.861. The molecule has 1 aliphatic heterocycles. The third kappa shape index (κ3) is 6.94. The first-order chi connectivity index (χ1) is 20.7. The molecule has 1 heterocycles. The maximum Gasteiger partial charge on any atom is 0.335 e. The lowest BCUT2D eigenvalue weighted by atomic mass is 10.1. The van der Waals surface area contributed by atoms with E-state index in [0.29, 0.717) is 37.9 Å². The van der Waals surface area contributed by atoms with Gasteiger partial charge in [0.1, 0.15) is 24.5 Å². The van der Waals surface area contributed by atoms with E-state index in [1.54, 1.807) is 66.7 Å². The molecular formula is C32H23Cl3N2O6. The van der Waals surface area contributed by atoms with E-state index in [-0.39, 0.29) is 24.5 Å². The third-order valence-corrected chi connectivity index (χ3v) is 7.53. The summed E-state index contributed by atoms with van der Waals surface area (Å²) in [5.74, 6) is -0.279. The molecular weight excluding hydrogens is 615 g/mol. The maximum absolute atomic E-state index is 13.4. The van der Waals surface area contributed by atoms with Gasteiger partial charge in [0, 0.05) is 10.6 Å². The van der Waals surface area contributed by atoms with E-state index in [2.05, 4.69) is 5.32 Å². The van der Waals surface area contributed by atoms with Gasteiger partial charge in [0.05, 0.1) is 22.8 Å². The molecule has 8 nitrogen and oxygen atoms in total. The van der Waals surface area contributed by atoms with Crippen molar-refractivity contribution in [2.75, 3.05) is 12.0 Å². The van der Waals surface area contributed by atoms with E-state index in [4.69, 9.17) is 49.0 Å². The number of halogens is 3. The van der Waals surface area contributed by atoms with Crippen molar-refractivity contribution >= 4 is 64.4 Å². The molecule has 1 saturated heterocycles. The van der Waals surface area contributed by atoms with Crippen molar-refractivity contribution in [1.29, 1.82) is 0 Å². The smallest absolute Gasteiger partial charge is 0.335 e. The quantitative estimate of drug-likeness (QED) is 0.151. The number of carbonyl (C=O) groups is 3. The van der Waals surface area contributed by atoms with Crippen molar-refractivity contribution in [3.63, 3.8) is 0 Å². The maximum atomic E-state index is 13.4. The molecule has 0 saturated carbocycles. The minimum absolute atomic E-state index is 0.204. The number of amides is 4. The molecule has 4 amide bonds. The average molecular weight is 638 g/mol. The topological polar surface area (TPSA) is 94.2 Å². The van der Waals surface area contributed by atoms with E-state index in [1.807, 2.05) is 18.2 Å². The molecule has 1 N–H and O–H groups in total. The molecule has 4 aromatic carbocycles. The fourth-order valence-corrected chi connectivity index (χ4v) is 4.72. The van der Waals surface area contributed by atoms with Gasteiger partial charge < -0.3 is 14.2 Å². The highest BCUT2D eigenvalue weighted by molar-refractivity contribution is 6.42. The molecule has 11 heteroatoms. The Kier molecular flexibility index (Phi) is 9.21. The summed E-state index contributed by atoms with van der Waals surface area (Å²) in [7, 11) is 1.47. The van der Waals surface area contributed by atoms with E-state index in [1.165, 1.54) is 13.2 Å². The van der Waals surface area contributed by atoms with Crippen molar-refractivity contribution in [1.82, 2.24) is 5.32 Å². The number of anilines is 1. The summed E-state index contributed by atoms with van der Waals surface area (Å²) in [6.45, 7) is 0.446. The zero-order valence-electron chi connectivity index (χ0n) is 22.6. The first kappa shape index (κ1) is 30.0. The van der Waals surface area contributed by atoms with Crippen LogP contribution in [0.3, 0.4) is 0 Å². The van der Waals surface area contributed by atoms with Crippen molar-refractivity contribution in [2.45, 2.75) is 13.2 Å². The molecule has 5 rings (SSSR count). The van der Waals surface area contributed by atoms with Gasteiger partial charge in [-0.3, -0.25) is 14.9 Å². The second-order valence-electron chi connectivity index (χ2n) is 9.28. The Morgan fingerprint density at radius 1 is 0.767 bits per heavy atom. The number of rotatable bonds is 9. The van der Waals surface area contributed by atoms with E-state index >= 15 is 0 Å². The molecule has 4 aromatic rings. The summed E-state index contributed by atoms with van der Waals surface area (Å²) < 4.78 is 17.1. The van der Waals surface area contributed by atoms with E-state index in [0.717, 1.165) is 16.0 Å². The zero-order chi connectivity index (χ0) is 30.5. The number of imide groups is 2. The summed E-state index contributed by atoms with van der Waals surface area (Å²) in [6, 6.07) is 22.9. The van der Waals surface area contributed by atoms with Gasteiger partial charge in [0.2, 0.25) is 0 Å². The van der Waals surface area contributed by atoms with Gasteiger partial charge in [0.15, 0.2) is 11.5 Å². The lowest BCUT2D eigenvalue weighted by molar-refractivity contribution is -0.122. The third-order valence-electron chi connectivity index (χ3n) is 6.43. The van der Waals surface area contributed by atoms with Crippen molar-refractivity contribution in [3.8, 4) is 17.2 Å². The molecule has 1 fully saturated rings. The van der Waals surface area contributed by atoms with Crippen LogP contribution < -0.4 is 24.4 Å². The van der Waals surface area contributed by atoms with E-state index in [9.17, 15) is 14.4 Å². The van der Waals surface area contributed by atoms with Gasteiger partial charge >= 0.3 is 6.03 Å². The van der Waals surface area contributed by atoms with Crippen LogP contribution in [0.4, 0.5) is 10.5 Å². The summed E-state index contributed by atoms with van der Waals surface area (Å²) in [5, 5.41) is 3.66. The van der Waals surface area contributed by atoms with Crippen molar-refractivity contribution in [3.05, 3.63) is 122 Å². The molecule has 43 heavy (non-hydrogen) atoms. The molecule has 0 aliphatic carbocycles. The highest BCUT2D eigenvalue weighted by atomic mass is 35.5. The van der Waals surface area contributed by atoms with Gasteiger partial charge in [-0.1, -0.05) is 65.1 Å². The second kappa shape index (κ2) is 13.2. The van der Waals surface area contributed by atoms with E-state index < -0.39 is 17.8 Å². The van der Waals surface area contributed by atoms with Crippen LogP contribution in [0.2, 0.25) is 15.1 Å². The molecule has 0 atom stereocenters. The predicted octanol–water partition coefficient (Wildman–Crippen LogP) is 7.48. The number of nitrogens with zero attached hydrogens (tertiary/aromatic N) is 1. The Morgan fingerprint density at radius 2 is 1.53 bits per heavy atom. The largest absolute Gasteiger partial charge is 0.493 e. The summed E-state index contributed by atoms with van der Waals surface area (Å²) >= 11 is 18.2. The monoisotopic (exact) mass is 636 g/mol. The molecule has 218 valence electrons. The van der Waals surface area contributed by atoms with Crippen LogP contribution in [0.1, 0.15) is 16.7 Å². The van der Waals surface area contributed by atoms with Gasteiger partial charge in [-0.2, -0.15) is 0 Å². The van der Waals surface area contributed by atoms with Gasteiger partial charge in [-0.05, 0) is 71.8 Å². The lowest BCUT2D eigenvalue weighted by Gasteiger charge is -2.26. The highest BCUT2D eigenvalue weighted by Gasteiger charge is 2.36. The molecule has 0 aromatic heterocycles. The number of carbonyl (C=O) groups excluding carboxylic acids is 3. The summed E-state index contributed by atoms with van der Waals surface area (Å²) in [4.78, 5) is 39.6. The Balaban J connectivity index is 1.31. The standard InChI is InChI=1S/C32H23Cl3N2O6/c1-41-29-16-19(7-13-28(29)43-17-20-6-12-26(34)27(35)15-20)14-24-30(38)36-32(40)37(31(24)39)22-8-10-23(11-9-22)42-18-21-4-2-3-5-25(21)33/h2-16H,17-18H2,1H3,(H,36,38,40)/b24-14+. The number of methoxy groups -OCH3 is 1.